The van der Waals surface area contributed by atoms with E-state index in [0.29, 0.717) is 13.0 Å². The summed E-state index contributed by atoms with van der Waals surface area (Å²) in [5, 5.41) is 33.4. The molecule has 1 fully saturated rings. The molecule has 12 heavy (non-hydrogen) atoms. The third-order valence-corrected chi connectivity index (χ3v) is 1.54. The number of hydrogen-bond donors (Lipinski definition) is 3. The number of aliphatic hydroxyl groups is 3. The van der Waals surface area contributed by atoms with E-state index in [-0.39, 0.29) is 0 Å². The van der Waals surface area contributed by atoms with E-state index in [9.17, 15) is 0 Å². The molecule has 0 aromatic heterocycles. The average Bonchev–Trinajstić information content (AvgIpc) is 2.13. The highest BCUT2D eigenvalue weighted by atomic mass is 16.5. The average molecular weight is 175 g/mol. The monoisotopic (exact) mass is 175 g/mol. The fraction of sp³-hybridized carbons (Fsp3) is 0.857. The normalized spacial score (nSPS) is 34.4. The number of rotatable bonds is 0. The fourth-order valence-corrected chi connectivity index (χ4v) is 0.901. The molecule has 0 spiro atoms. The SMILES string of the molecule is CO.N#CC1OCCC(O)C1O. The first-order chi connectivity index (χ1) is 5.75. The Morgan fingerprint density at radius 1 is 1.42 bits per heavy atom. The van der Waals surface area contributed by atoms with Gasteiger partial charge in [-0.3, -0.25) is 0 Å². The first kappa shape index (κ1) is 11.3. The third kappa shape index (κ3) is 2.75. The van der Waals surface area contributed by atoms with Gasteiger partial charge in [-0.05, 0) is 6.42 Å². The highest BCUT2D eigenvalue weighted by molar-refractivity contribution is 4.95. The van der Waals surface area contributed by atoms with E-state index < -0.39 is 18.3 Å². The predicted molar refractivity (Wildman–Crippen MR) is 40.1 cm³/mol. The Morgan fingerprint density at radius 2 is 2.00 bits per heavy atom. The van der Waals surface area contributed by atoms with Crippen LogP contribution in [-0.4, -0.2) is 47.3 Å². The molecule has 1 aliphatic heterocycles. The second-order valence-electron chi connectivity index (χ2n) is 2.27. The zero-order valence-electron chi connectivity index (χ0n) is 6.84. The van der Waals surface area contributed by atoms with Crippen LogP contribution in [0.2, 0.25) is 0 Å². The Morgan fingerprint density at radius 3 is 2.42 bits per heavy atom. The minimum Gasteiger partial charge on any atom is -0.400 e. The fourth-order valence-electron chi connectivity index (χ4n) is 0.901. The topological polar surface area (TPSA) is 93.7 Å². The van der Waals surface area contributed by atoms with Crippen molar-refractivity contribution in [2.45, 2.75) is 24.7 Å². The smallest absolute Gasteiger partial charge is 0.172 e. The van der Waals surface area contributed by atoms with Crippen LogP contribution >= 0.6 is 0 Å². The number of nitrogens with zero attached hydrogens (tertiary/aromatic N) is 1. The Hall–Kier alpha value is -0.670. The van der Waals surface area contributed by atoms with Gasteiger partial charge in [0.2, 0.25) is 0 Å². The molecule has 1 rings (SSSR count). The molecule has 70 valence electrons. The lowest BCUT2D eigenvalue weighted by Crippen LogP contribution is -2.43. The van der Waals surface area contributed by atoms with Gasteiger partial charge in [-0.1, -0.05) is 0 Å². The lowest BCUT2D eigenvalue weighted by Gasteiger charge is -2.27. The van der Waals surface area contributed by atoms with Crippen molar-refractivity contribution in [3.05, 3.63) is 0 Å². The lowest BCUT2D eigenvalue weighted by molar-refractivity contribution is -0.113. The second kappa shape index (κ2) is 5.91. The molecular formula is C7H13NO4. The summed E-state index contributed by atoms with van der Waals surface area (Å²) in [5.74, 6) is 0. The van der Waals surface area contributed by atoms with Crippen molar-refractivity contribution in [1.29, 1.82) is 5.26 Å². The summed E-state index contributed by atoms with van der Waals surface area (Å²) in [6.07, 6.45) is -2.31. The molecular weight excluding hydrogens is 162 g/mol. The highest BCUT2D eigenvalue weighted by Crippen LogP contribution is 2.13. The summed E-state index contributed by atoms with van der Waals surface area (Å²) in [6.45, 7) is 0.344. The Bertz CT molecular complexity index is 156. The molecule has 1 heterocycles. The zero-order chi connectivity index (χ0) is 9.56. The Balaban J connectivity index is 0.000000561. The van der Waals surface area contributed by atoms with Gasteiger partial charge in [0.1, 0.15) is 6.10 Å². The van der Waals surface area contributed by atoms with Crippen LogP contribution in [0.15, 0.2) is 0 Å². The van der Waals surface area contributed by atoms with E-state index >= 15 is 0 Å². The van der Waals surface area contributed by atoms with Crippen LogP contribution in [0.5, 0.6) is 0 Å². The van der Waals surface area contributed by atoms with Gasteiger partial charge >= 0.3 is 0 Å². The molecule has 5 heteroatoms. The van der Waals surface area contributed by atoms with Gasteiger partial charge in [-0.2, -0.15) is 5.26 Å². The standard InChI is InChI=1S/C6H9NO3.CH4O/c7-3-5-6(9)4(8)1-2-10-5;1-2/h4-6,8-9H,1-2H2;2H,1H3. The van der Waals surface area contributed by atoms with Crippen molar-refractivity contribution < 1.29 is 20.1 Å². The molecule has 3 N–H and O–H groups in total. The maximum atomic E-state index is 9.04. The number of hydrogen-bond acceptors (Lipinski definition) is 5. The van der Waals surface area contributed by atoms with E-state index in [4.69, 9.17) is 25.3 Å². The Kier molecular flexibility index (Phi) is 5.58. The van der Waals surface area contributed by atoms with E-state index in [2.05, 4.69) is 0 Å². The molecule has 0 bridgehead atoms. The molecule has 3 unspecified atom stereocenters. The number of ether oxygens (including phenoxy) is 1. The van der Waals surface area contributed by atoms with Crippen molar-refractivity contribution in [2.75, 3.05) is 13.7 Å². The third-order valence-electron chi connectivity index (χ3n) is 1.54. The van der Waals surface area contributed by atoms with E-state index in [1.807, 2.05) is 0 Å². The van der Waals surface area contributed by atoms with Crippen LogP contribution in [0.3, 0.4) is 0 Å². The van der Waals surface area contributed by atoms with Gasteiger partial charge in [-0.15, -0.1) is 0 Å². The van der Waals surface area contributed by atoms with Crippen LogP contribution < -0.4 is 0 Å². The van der Waals surface area contributed by atoms with E-state index in [0.717, 1.165) is 7.11 Å². The van der Waals surface area contributed by atoms with Gasteiger partial charge < -0.3 is 20.1 Å². The van der Waals surface area contributed by atoms with Crippen LogP contribution in [0.25, 0.3) is 0 Å². The van der Waals surface area contributed by atoms with Crippen LogP contribution in [0.1, 0.15) is 6.42 Å². The van der Waals surface area contributed by atoms with Gasteiger partial charge in [0.25, 0.3) is 0 Å². The zero-order valence-corrected chi connectivity index (χ0v) is 6.84. The predicted octanol–water partition coefficient (Wildman–Crippen LogP) is -1.37. The van der Waals surface area contributed by atoms with Crippen molar-refractivity contribution >= 4 is 0 Å². The molecule has 0 radical (unpaired) electrons. The number of nitriles is 1. The number of aliphatic hydroxyl groups excluding tert-OH is 3. The quantitative estimate of drug-likeness (QED) is 0.422. The molecule has 1 aliphatic rings. The molecule has 0 aromatic rings. The summed E-state index contributed by atoms with van der Waals surface area (Å²) in [7, 11) is 1.00. The summed E-state index contributed by atoms with van der Waals surface area (Å²) in [5.41, 5.74) is 0. The molecule has 0 aliphatic carbocycles. The minimum absolute atomic E-state index is 0.344. The van der Waals surface area contributed by atoms with Crippen LogP contribution in [0.4, 0.5) is 0 Å². The second-order valence-corrected chi connectivity index (χ2v) is 2.27. The minimum atomic E-state index is -1.04. The molecule has 0 aromatic carbocycles. The summed E-state index contributed by atoms with van der Waals surface area (Å²) >= 11 is 0. The molecule has 1 saturated heterocycles. The molecule has 0 saturated carbocycles. The first-order valence-corrected chi connectivity index (χ1v) is 3.58. The largest absolute Gasteiger partial charge is 0.400 e. The van der Waals surface area contributed by atoms with Gasteiger partial charge in [0, 0.05) is 7.11 Å². The maximum Gasteiger partial charge on any atom is 0.172 e. The van der Waals surface area contributed by atoms with Gasteiger partial charge in [-0.25, -0.2) is 0 Å². The van der Waals surface area contributed by atoms with Crippen LogP contribution in [-0.2, 0) is 4.74 Å². The Labute approximate surface area is 70.8 Å². The van der Waals surface area contributed by atoms with Crippen LogP contribution in [0, 0.1) is 11.3 Å². The van der Waals surface area contributed by atoms with Crippen molar-refractivity contribution in [3.63, 3.8) is 0 Å². The summed E-state index contributed by atoms with van der Waals surface area (Å²) < 4.78 is 4.84. The van der Waals surface area contributed by atoms with Crippen molar-refractivity contribution in [2.24, 2.45) is 0 Å². The van der Waals surface area contributed by atoms with E-state index in [1.165, 1.54) is 0 Å². The van der Waals surface area contributed by atoms with Crippen molar-refractivity contribution in [1.82, 2.24) is 0 Å². The molecule has 0 amide bonds. The summed E-state index contributed by atoms with van der Waals surface area (Å²) in [4.78, 5) is 0. The molecule has 3 atom stereocenters. The van der Waals surface area contributed by atoms with E-state index in [1.54, 1.807) is 6.07 Å². The summed E-state index contributed by atoms with van der Waals surface area (Å²) in [6, 6.07) is 1.75. The maximum absolute atomic E-state index is 9.04. The van der Waals surface area contributed by atoms with Gasteiger partial charge in [0.15, 0.2) is 6.10 Å². The van der Waals surface area contributed by atoms with Gasteiger partial charge in [0.05, 0.1) is 18.8 Å². The highest BCUT2D eigenvalue weighted by Gasteiger charge is 2.30. The first-order valence-electron chi connectivity index (χ1n) is 3.58. The van der Waals surface area contributed by atoms with Crippen molar-refractivity contribution in [3.8, 4) is 6.07 Å². The lowest BCUT2D eigenvalue weighted by atomic mass is 10.0. The molecule has 5 nitrogen and oxygen atoms in total.